The summed E-state index contributed by atoms with van der Waals surface area (Å²) in [5.74, 6) is 0.290. The van der Waals surface area contributed by atoms with Gasteiger partial charge in [0.1, 0.15) is 23.3 Å². The third-order valence-corrected chi connectivity index (χ3v) is 5.89. The number of benzene rings is 1. The second-order valence-corrected chi connectivity index (χ2v) is 8.28. The van der Waals surface area contributed by atoms with Gasteiger partial charge < -0.3 is 20.1 Å². The maximum Gasteiger partial charge on any atom is 0.295 e. The fourth-order valence-electron chi connectivity index (χ4n) is 4.07. The van der Waals surface area contributed by atoms with Crippen LogP contribution in [0.15, 0.2) is 30.3 Å². The fourth-order valence-corrected chi connectivity index (χ4v) is 4.07. The van der Waals surface area contributed by atoms with Crippen LogP contribution in [0.1, 0.15) is 50.6 Å². The first-order valence-corrected chi connectivity index (χ1v) is 11.1. The number of methoxy groups -OCH3 is 1. The highest BCUT2D eigenvalue weighted by molar-refractivity contribution is 5.97. The number of rotatable bonds is 7. The van der Waals surface area contributed by atoms with E-state index in [9.17, 15) is 13.6 Å². The molecule has 1 aliphatic heterocycles. The molecule has 1 saturated carbocycles. The standard InChI is InChI=1S/C23H25F2N5O3/c1-32-16-7-3-2-6-14(16)26-15-12-17(28-23(31)13-9-10-13)27-21-19(15)29-22(20(24)25)30(21)18-8-4-5-11-33-18/h2-3,6-7,12-13,18,20H,4-5,8-11H2,1H3,(H2,26,27,28,31). The van der Waals surface area contributed by atoms with Crippen molar-refractivity contribution in [1.82, 2.24) is 14.5 Å². The number of hydrogen-bond donors (Lipinski definition) is 2. The lowest BCUT2D eigenvalue weighted by Gasteiger charge is -2.25. The topological polar surface area (TPSA) is 90.3 Å². The van der Waals surface area contributed by atoms with Gasteiger partial charge in [0, 0.05) is 18.6 Å². The van der Waals surface area contributed by atoms with Crippen molar-refractivity contribution < 1.29 is 23.0 Å². The second-order valence-electron chi connectivity index (χ2n) is 8.28. The van der Waals surface area contributed by atoms with Gasteiger partial charge in [0.05, 0.1) is 18.5 Å². The number of nitrogens with one attached hydrogen (secondary N) is 2. The number of carbonyl (C=O) groups is 1. The summed E-state index contributed by atoms with van der Waals surface area (Å²) >= 11 is 0. The highest BCUT2D eigenvalue weighted by atomic mass is 19.3. The predicted octanol–water partition coefficient (Wildman–Crippen LogP) is 5.17. The first kappa shape index (κ1) is 21.6. The van der Waals surface area contributed by atoms with Gasteiger partial charge in [-0.1, -0.05) is 12.1 Å². The van der Waals surface area contributed by atoms with Crippen LogP contribution in [0.2, 0.25) is 0 Å². The van der Waals surface area contributed by atoms with Crippen molar-refractivity contribution in [2.45, 2.75) is 44.8 Å². The largest absolute Gasteiger partial charge is 0.495 e. The van der Waals surface area contributed by atoms with Crippen LogP contribution in [-0.4, -0.2) is 34.2 Å². The number of nitrogens with zero attached hydrogens (tertiary/aromatic N) is 3. The maximum atomic E-state index is 14.0. The Morgan fingerprint density at radius 2 is 2.00 bits per heavy atom. The molecule has 1 unspecified atom stereocenters. The fraction of sp³-hybridized carbons (Fsp3) is 0.435. The van der Waals surface area contributed by atoms with Crippen LogP contribution in [-0.2, 0) is 9.53 Å². The Hall–Kier alpha value is -3.27. The van der Waals surface area contributed by atoms with Crippen molar-refractivity contribution in [2.24, 2.45) is 5.92 Å². The van der Waals surface area contributed by atoms with Crippen molar-refractivity contribution in [1.29, 1.82) is 0 Å². The van der Waals surface area contributed by atoms with Gasteiger partial charge in [-0.25, -0.2) is 18.7 Å². The molecule has 1 amide bonds. The van der Waals surface area contributed by atoms with Gasteiger partial charge in [-0.15, -0.1) is 0 Å². The van der Waals surface area contributed by atoms with Crippen LogP contribution in [0.3, 0.4) is 0 Å². The van der Waals surface area contributed by atoms with Crippen molar-refractivity contribution in [3.05, 3.63) is 36.2 Å². The van der Waals surface area contributed by atoms with E-state index in [4.69, 9.17) is 9.47 Å². The van der Waals surface area contributed by atoms with Gasteiger partial charge in [-0.2, -0.15) is 0 Å². The minimum Gasteiger partial charge on any atom is -0.495 e. The number of amides is 1. The molecule has 0 radical (unpaired) electrons. The smallest absolute Gasteiger partial charge is 0.295 e. The number of anilines is 3. The zero-order valence-electron chi connectivity index (χ0n) is 18.2. The molecule has 33 heavy (non-hydrogen) atoms. The van der Waals surface area contributed by atoms with E-state index in [0.717, 1.165) is 25.7 Å². The molecule has 0 bridgehead atoms. The highest BCUT2D eigenvalue weighted by Crippen LogP contribution is 2.38. The van der Waals surface area contributed by atoms with Crippen molar-refractivity contribution in [3.63, 3.8) is 0 Å². The van der Waals surface area contributed by atoms with E-state index in [-0.39, 0.29) is 28.8 Å². The summed E-state index contributed by atoms with van der Waals surface area (Å²) in [7, 11) is 1.55. The van der Waals surface area contributed by atoms with Crippen LogP contribution in [0.5, 0.6) is 5.75 Å². The zero-order valence-corrected chi connectivity index (χ0v) is 18.2. The lowest BCUT2D eigenvalue weighted by atomic mass is 10.2. The molecule has 3 heterocycles. The lowest BCUT2D eigenvalue weighted by Crippen LogP contribution is -2.21. The minimum absolute atomic E-state index is 0.0312. The number of alkyl halides is 2. The van der Waals surface area contributed by atoms with Crippen LogP contribution in [0.4, 0.5) is 26.0 Å². The van der Waals surface area contributed by atoms with Crippen LogP contribution in [0.25, 0.3) is 11.2 Å². The lowest BCUT2D eigenvalue weighted by molar-refractivity contribution is -0.117. The van der Waals surface area contributed by atoms with Gasteiger partial charge in [-0.3, -0.25) is 9.36 Å². The van der Waals surface area contributed by atoms with Gasteiger partial charge in [0.25, 0.3) is 6.43 Å². The summed E-state index contributed by atoms with van der Waals surface area (Å²) in [5.41, 5.74) is 1.58. The molecule has 1 saturated heterocycles. The van der Waals surface area contributed by atoms with Gasteiger partial charge >= 0.3 is 0 Å². The Bertz CT molecular complexity index is 1170. The molecule has 2 fully saturated rings. The number of fused-ring (bicyclic) bond motifs is 1. The normalized spacial score (nSPS) is 18.5. The van der Waals surface area contributed by atoms with E-state index in [1.54, 1.807) is 19.2 Å². The molecule has 1 aliphatic carbocycles. The van der Waals surface area contributed by atoms with E-state index >= 15 is 0 Å². The summed E-state index contributed by atoms with van der Waals surface area (Å²) in [6.07, 6.45) is 0.595. The summed E-state index contributed by atoms with van der Waals surface area (Å²) in [4.78, 5) is 21.2. The Morgan fingerprint density at radius 3 is 2.70 bits per heavy atom. The van der Waals surface area contributed by atoms with Gasteiger partial charge in [0.2, 0.25) is 5.91 Å². The van der Waals surface area contributed by atoms with Crippen LogP contribution >= 0.6 is 0 Å². The number of pyridine rings is 1. The molecule has 1 atom stereocenters. The van der Waals surface area contributed by atoms with E-state index in [0.29, 0.717) is 30.2 Å². The number of para-hydroxylation sites is 2. The molecule has 2 N–H and O–H groups in total. The van der Waals surface area contributed by atoms with Crippen molar-refractivity contribution in [2.75, 3.05) is 24.4 Å². The summed E-state index contributed by atoms with van der Waals surface area (Å²) in [5, 5.41) is 6.06. The first-order chi connectivity index (χ1) is 16.0. The Labute approximate surface area is 189 Å². The van der Waals surface area contributed by atoms with Crippen LogP contribution < -0.4 is 15.4 Å². The molecule has 174 valence electrons. The number of halogens is 2. The molecular weight excluding hydrogens is 432 g/mol. The zero-order chi connectivity index (χ0) is 22.9. The third-order valence-electron chi connectivity index (χ3n) is 5.89. The van der Waals surface area contributed by atoms with E-state index < -0.39 is 18.5 Å². The second kappa shape index (κ2) is 8.93. The third kappa shape index (κ3) is 4.35. The summed E-state index contributed by atoms with van der Waals surface area (Å²) < 4.78 is 40.7. The number of carbonyl (C=O) groups excluding carboxylic acids is 1. The monoisotopic (exact) mass is 457 g/mol. The number of hydrogen-bond acceptors (Lipinski definition) is 6. The average Bonchev–Trinajstić information content (AvgIpc) is 3.60. The van der Waals surface area contributed by atoms with E-state index in [2.05, 4.69) is 20.6 Å². The molecule has 0 spiro atoms. The molecular formula is C23H25F2N5O3. The van der Waals surface area contributed by atoms with Crippen LogP contribution in [0, 0.1) is 5.92 Å². The first-order valence-electron chi connectivity index (χ1n) is 11.1. The van der Waals surface area contributed by atoms with E-state index in [1.165, 1.54) is 4.57 Å². The minimum atomic E-state index is -2.81. The van der Waals surface area contributed by atoms with Crippen molar-refractivity contribution >= 4 is 34.3 Å². The number of aromatic nitrogens is 3. The molecule has 3 aromatic rings. The predicted molar refractivity (Wildman–Crippen MR) is 119 cm³/mol. The number of imidazole rings is 1. The average molecular weight is 457 g/mol. The molecule has 2 aromatic heterocycles. The van der Waals surface area contributed by atoms with Gasteiger partial charge in [0.15, 0.2) is 11.5 Å². The van der Waals surface area contributed by atoms with Gasteiger partial charge in [-0.05, 0) is 44.2 Å². The highest BCUT2D eigenvalue weighted by Gasteiger charge is 2.32. The summed E-state index contributed by atoms with van der Waals surface area (Å²) in [6.45, 7) is 0.484. The molecule has 10 heteroatoms. The maximum absolute atomic E-state index is 14.0. The quantitative estimate of drug-likeness (QED) is 0.509. The van der Waals surface area contributed by atoms with Crippen molar-refractivity contribution in [3.8, 4) is 5.75 Å². The van der Waals surface area contributed by atoms with E-state index in [1.807, 2.05) is 18.2 Å². The molecule has 2 aliphatic rings. The molecule has 5 rings (SSSR count). The number of ether oxygens (including phenoxy) is 2. The summed E-state index contributed by atoms with van der Waals surface area (Å²) in [6, 6.07) is 8.87. The molecule has 1 aromatic carbocycles. The Kier molecular flexibility index (Phi) is 5.84. The Morgan fingerprint density at radius 1 is 1.18 bits per heavy atom. The SMILES string of the molecule is COc1ccccc1Nc1cc(NC(=O)C2CC2)nc2c1nc(C(F)F)n2C1CCCCO1. The Balaban J connectivity index is 1.65. The molecule has 8 nitrogen and oxygen atoms in total.